The molecule has 0 saturated carbocycles. The number of hydrogen-bond acceptors (Lipinski definition) is 3. The summed E-state index contributed by atoms with van der Waals surface area (Å²) in [6.45, 7) is -0.780. The monoisotopic (exact) mass is 281 g/mol. The topological polar surface area (TPSA) is 59.4 Å². The molecule has 7 heteroatoms. The van der Waals surface area contributed by atoms with Crippen molar-refractivity contribution < 1.29 is 23.4 Å². The van der Waals surface area contributed by atoms with E-state index in [1.165, 1.54) is 6.07 Å². The Kier molecular flexibility index (Phi) is 3.96. The van der Waals surface area contributed by atoms with E-state index in [0.29, 0.717) is 0 Å². The quantitative estimate of drug-likeness (QED) is 0.919. The summed E-state index contributed by atoms with van der Waals surface area (Å²) in [6, 6.07) is 1.23. The van der Waals surface area contributed by atoms with Gasteiger partial charge in [-0.3, -0.25) is 0 Å². The van der Waals surface area contributed by atoms with E-state index in [1.807, 2.05) is 0 Å². The molecule has 0 saturated heterocycles. The van der Waals surface area contributed by atoms with Crippen molar-refractivity contribution in [1.29, 1.82) is 0 Å². The van der Waals surface area contributed by atoms with Crippen LogP contribution in [-0.4, -0.2) is 29.1 Å². The van der Waals surface area contributed by atoms with Crippen molar-refractivity contribution in [3.8, 4) is 5.88 Å². The molecule has 1 aromatic rings. The molecule has 0 radical (unpaired) electrons. The van der Waals surface area contributed by atoms with Crippen LogP contribution in [0.25, 0.3) is 0 Å². The molecule has 15 heavy (non-hydrogen) atoms. The number of hydrogen-bond donors (Lipinski definition) is 1. The number of rotatable bonds is 4. The van der Waals surface area contributed by atoms with Gasteiger partial charge in [-0.15, -0.1) is 0 Å². The highest BCUT2D eigenvalue weighted by molar-refractivity contribution is 9.10. The van der Waals surface area contributed by atoms with Gasteiger partial charge in [-0.1, -0.05) is 0 Å². The second kappa shape index (κ2) is 5.01. The third-order valence-corrected chi connectivity index (χ3v) is 1.97. The van der Waals surface area contributed by atoms with Gasteiger partial charge in [-0.25, -0.2) is 18.6 Å². The summed E-state index contributed by atoms with van der Waals surface area (Å²) in [6.07, 6.45) is -1.56. The van der Waals surface area contributed by atoms with E-state index < -0.39 is 19.0 Å². The van der Waals surface area contributed by atoms with Gasteiger partial charge in [0, 0.05) is 6.20 Å². The van der Waals surface area contributed by atoms with Gasteiger partial charge < -0.3 is 9.84 Å². The van der Waals surface area contributed by atoms with Crippen LogP contribution in [0, 0.1) is 0 Å². The number of pyridine rings is 1. The van der Waals surface area contributed by atoms with Crippen molar-refractivity contribution >= 4 is 21.9 Å². The first-order valence-electron chi connectivity index (χ1n) is 3.80. The third-order valence-electron chi connectivity index (χ3n) is 1.40. The number of ether oxygens (including phenoxy) is 1. The van der Waals surface area contributed by atoms with Crippen molar-refractivity contribution in [2.24, 2.45) is 0 Å². The zero-order chi connectivity index (χ0) is 11.4. The number of carbonyl (C=O) groups is 1. The minimum Gasteiger partial charge on any atom is -0.478 e. The van der Waals surface area contributed by atoms with E-state index in [0.717, 1.165) is 6.20 Å². The summed E-state index contributed by atoms with van der Waals surface area (Å²) >= 11 is 2.97. The molecule has 0 bridgehead atoms. The second-order valence-electron chi connectivity index (χ2n) is 2.52. The molecule has 0 unspecified atom stereocenters. The summed E-state index contributed by atoms with van der Waals surface area (Å²) in [7, 11) is 0. The van der Waals surface area contributed by atoms with Gasteiger partial charge in [0.05, 0.1) is 10.0 Å². The molecule has 1 rings (SSSR count). The Morgan fingerprint density at radius 1 is 1.67 bits per heavy atom. The fourth-order valence-electron chi connectivity index (χ4n) is 0.790. The van der Waals surface area contributed by atoms with Crippen LogP contribution in [0.4, 0.5) is 8.78 Å². The molecule has 4 nitrogen and oxygen atoms in total. The number of alkyl halides is 2. The summed E-state index contributed by atoms with van der Waals surface area (Å²) in [4.78, 5) is 14.1. The van der Waals surface area contributed by atoms with Crippen LogP contribution in [0.15, 0.2) is 16.7 Å². The molecular formula is C8H6BrF2NO3. The maximum absolute atomic E-state index is 11.8. The number of aromatic nitrogens is 1. The second-order valence-corrected chi connectivity index (χ2v) is 3.37. The Hall–Kier alpha value is -1.24. The average molecular weight is 282 g/mol. The molecule has 0 spiro atoms. The lowest BCUT2D eigenvalue weighted by molar-refractivity contribution is 0.0693. The lowest BCUT2D eigenvalue weighted by atomic mass is 10.3. The van der Waals surface area contributed by atoms with Crippen molar-refractivity contribution in [2.45, 2.75) is 6.43 Å². The molecule has 0 aliphatic rings. The normalized spacial score (nSPS) is 10.4. The lowest BCUT2D eigenvalue weighted by Gasteiger charge is -2.06. The molecule has 1 N–H and O–H groups in total. The number of carboxylic acids is 1. The zero-order valence-corrected chi connectivity index (χ0v) is 8.87. The first kappa shape index (κ1) is 11.8. The van der Waals surface area contributed by atoms with Gasteiger partial charge in [0.2, 0.25) is 5.88 Å². The molecule has 0 aliphatic carbocycles. The van der Waals surface area contributed by atoms with Crippen LogP contribution in [-0.2, 0) is 0 Å². The van der Waals surface area contributed by atoms with Crippen LogP contribution in [0.1, 0.15) is 10.4 Å². The van der Waals surface area contributed by atoms with Crippen molar-refractivity contribution in [3.05, 3.63) is 22.3 Å². The lowest BCUT2D eigenvalue weighted by Crippen LogP contribution is -2.09. The van der Waals surface area contributed by atoms with Crippen LogP contribution in [0.2, 0.25) is 0 Å². The van der Waals surface area contributed by atoms with Gasteiger partial charge >= 0.3 is 5.97 Å². The van der Waals surface area contributed by atoms with Gasteiger partial charge in [-0.2, -0.15) is 0 Å². The summed E-state index contributed by atoms with van der Waals surface area (Å²) < 4.78 is 28.5. The third kappa shape index (κ3) is 3.43. The van der Waals surface area contributed by atoms with Crippen LogP contribution in [0.5, 0.6) is 5.88 Å². The van der Waals surface area contributed by atoms with Crippen LogP contribution < -0.4 is 4.74 Å². The molecule has 82 valence electrons. The molecule has 0 aliphatic heterocycles. The Morgan fingerprint density at radius 3 is 2.80 bits per heavy atom. The zero-order valence-electron chi connectivity index (χ0n) is 7.28. The smallest absolute Gasteiger partial charge is 0.337 e. The van der Waals surface area contributed by atoms with Gasteiger partial charge in [0.15, 0.2) is 6.61 Å². The molecule has 1 aromatic heterocycles. The number of aromatic carboxylic acids is 1. The van der Waals surface area contributed by atoms with E-state index in [1.54, 1.807) is 0 Å². The standard InChI is InChI=1S/C8H6BrF2NO3/c9-5-1-4(8(13)14)2-12-7(5)15-3-6(10)11/h1-2,6H,3H2,(H,13,14). The highest BCUT2D eigenvalue weighted by Gasteiger charge is 2.11. The van der Waals surface area contributed by atoms with Crippen molar-refractivity contribution in [2.75, 3.05) is 6.61 Å². The van der Waals surface area contributed by atoms with E-state index >= 15 is 0 Å². The van der Waals surface area contributed by atoms with Gasteiger partial charge in [0.25, 0.3) is 6.43 Å². The highest BCUT2D eigenvalue weighted by Crippen LogP contribution is 2.23. The molecular weight excluding hydrogens is 276 g/mol. The molecule has 0 aromatic carbocycles. The number of nitrogens with zero attached hydrogens (tertiary/aromatic N) is 1. The molecule has 0 atom stereocenters. The highest BCUT2D eigenvalue weighted by atomic mass is 79.9. The first-order chi connectivity index (χ1) is 7.00. The fraction of sp³-hybridized carbons (Fsp3) is 0.250. The summed E-state index contributed by atoms with van der Waals surface area (Å²) in [5, 5.41) is 8.60. The number of carboxylic acid groups (broad SMARTS) is 1. The maximum Gasteiger partial charge on any atom is 0.337 e. The van der Waals surface area contributed by atoms with E-state index in [4.69, 9.17) is 5.11 Å². The maximum atomic E-state index is 11.8. The molecule has 0 amide bonds. The Bertz CT molecular complexity index is 373. The predicted octanol–water partition coefficient (Wildman–Crippen LogP) is 2.19. The molecule has 0 fully saturated rings. The number of halogens is 3. The van der Waals surface area contributed by atoms with Crippen LogP contribution >= 0.6 is 15.9 Å². The molecule has 1 heterocycles. The Morgan fingerprint density at radius 2 is 2.33 bits per heavy atom. The largest absolute Gasteiger partial charge is 0.478 e. The van der Waals surface area contributed by atoms with E-state index in [2.05, 4.69) is 25.7 Å². The van der Waals surface area contributed by atoms with Crippen molar-refractivity contribution in [1.82, 2.24) is 4.98 Å². The van der Waals surface area contributed by atoms with Crippen molar-refractivity contribution in [3.63, 3.8) is 0 Å². The Labute approximate surface area is 92.0 Å². The first-order valence-corrected chi connectivity index (χ1v) is 4.60. The average Bonchev–Trinajstić information content (AvgIpc) is 2.15. The fourth-order valence-corrected chi connectivity index (χ4v) is 1.25. The summed E-state index contributed by atoms with van der Waals surface area (Å²) in [5.74, 6) is -1.20. The predicted molar refractivity (Wildman–Crippen MR) is 50.4 cm³/mol. The van der Waals surface area contributed by atoms with Crippen LogP contribution in [0.3, 0.4) is 0 Å². The minimum absolute atomic E-state index is 0.0497. The van der Waals surface area contributed by atoms with E-state index in [9.17, 15) is 13.6 Å². The summed E-state index contributed by atoms with van der Waals surface area (Å²) in [5.41, 5.74) is -0.0497. The van der Waals surface area contributed by atoms with Gasteiger partial charge in [0.1, 0.15) is 0 Å². The SMILES string of the molecule is O=C(O)c1cnc(OCC(F)F)c(Br)c1. The Balaban J connectivity index is 2.79. The van der Waals surface area contributed by atoms with E-state index in [-0.39, 0.29) is 15.9 Å². The minimum atomic E-state index is -2.60. The van der Waals surface area contributed by atoms with Gasteiger partial charge in [-0.05, 0) is 22.0 Å².